The van der Waals surface area contributed by atoms with Gasteiger partial charge in [0, 0.05) is 24.9 Å². The lowest BCUT2D eigenvalue weighted by Crippen LogP contribution is -2.21. The topological polar surface area (TPSA) is 21.3 Å². The molecule has 11 heavy (non-hydrogen) atoms. The van der Waals surface area contributed by atoms with Crippen molar-refractivity contribution in [3.63, 3.8) is 0 Å². The van der Waals surface area contributed by atoms with Crippen LogP contribution in [-0.4, -0.2) is 25.3 Å². The molecule has 0 aromatic heterocycles. The summed E-state index contributed by atoms with van der Waals surface area (Å²) in [5, 5.41) is 3.44. The minimum absolute atomic E-state index is 0.486. The van der Waals surface area contributed by atoms with Gasteiger partial charge in [0.25, 0.3) is 0 Å². The van der Waals surface area contributed by atoms with Crippen LogP contribution in [-0.2, 0) is 4.74 Å². The van der Waals surface area contributed by atoms with Crippen LogP contribution in [0.5, 0.6) is 0 Å². The maximum Gasteiger partial charge on any atom is 0.0620 e. The zero-order valence-corrected chi connectivity index (χ0v) is 7.34. The lowest BCUT2D eigenvalue weighted by molar-refractivity contribution is 0.0336. The van der Waals surface area contributed by atoms with Crippen LogP contribution >= 0.6 is 0 Å². The molecule has 2 heterocycles. The fraction of sp³-hybridized carbons (Fsp3) is 1.00. The molecule has 4 unspecified atom stereocenters. The molecule has 0 saturated carbocycles. The summed E-state index contributed by atoms with van der Waals surface area (Å²) in [6, 6.07) is 0. The summed E-state index contributed by atoms with van der Waals surface area (Å²) in [7, 11) is 0. The van der Waals surface area contributed by atoms with Gasteiger partial charge in [0.1, 0.15) is 0 Å². The zero-order chi connectivity index (χ0) is 7.84. The first kappa shape index (κ1) is 7.56. The second-order valence-corrected chi connectivity index (χ2v) is 3.77. The van der Waals surface area contributed by atoms with E-state index < -0.39 is 0 Å². The van der Waals surface area contributed by atoms with Crippen LogP contribution in [0.15, 0.2) is 0 Å². The zero-order valence-electron chi connectivity index (χ0n) is 7.34. The Bertz CT molecular complexity index is 148. The summed E-state index contributed by atoms with van der Waals surface area (Å²) >= 11 is 0. The fourth-order valence-corrected chi connectivity index (χ4v) is 2.52. The number of ether oxygens (including phenoxy) is 1. The van der Waals surface area contributed by atoms with Gasteiger partial charge in [-0.05, 0) is 13.3 Å². The summed E-state index contributed by atoms with van der Waals surface area (Å²) in [6.07, 6.45) is 2.19. The first-order valence-electron chi connectivity index (χ1n) is 4.69. The molecule has 2 fully saturated rings. The van der Waals surface area contributed by atoms with Crippen molar-refractivity contribution in [2.24, 2.45) is 11.8 Å². The van der Waals surface area contributed by atoms with Crippen molar-refractivity contribution in [1.29, 1.82) is 0 Å². The van der Waals surface area contributed by atoms with Gasteiger partial charge in [0.2, 0.25) is 0 Å². The molecule has 0 aromatic rings. The molecule has 2 heteroatoms. The highest BCUT2D eigenvalue weighted by Gasteiger charge is 2.43. The Labute approximate surface area is 68.3 Å². The van der Waals surface area contributed by atoms with Crippen LogP contribution in [0, 0.1) is 11.8 Å². The van der Waals surface area contributed by atoms with Crippen LogP contribution in [0.1, 0.15) is 20.3 Å². The number of rotatable bonds is 1. The van der Waals surface area contributed by atoms with Crippen molar-refractivity contribution >= 4 is 0 Å². The lowest BCUT2D eigenvalue weighted by atomic mass is 9.90. The molecular formula is C9H17NO. The van der Waals surface area contributed by atoms with E-state index >= 15 is 0 Å². The summed E-state index contributed by atoms with van der Waals surface area (Å²) < 4.78 is 5.84. The monoisotopic (exact) mass is 155 g/mol. The van der Waals surface area contributed by atoms with Gasteiger partial charge in [-0.25, -0.2) is 0 Å². The Morgan fingerprint density at radius 3 is 2.82 bits per heavy atom. The second-order valence-electron chi connectivity index (χ2n) is 3.77. The van der Waals surface area contributed by atoms with Gasteiger partial charge < -0.3 is 10.1 Å². The number of hydrogen-bond donors (Lipinski definition) is 1. The van der Waals surface area contributed by atoms with Gasteiger partial charge in [-0.15, -0.1) is 0 Å². The molecule has 2 nitrogen and oxygen atoms in total. The molecule has 2 saturated heterocycles. The minimum Gasteiger partial charge on any atom is -0.375 e. The molecule has 0 amide bonds. The summed E-state index contributed by atoms with van der Waals surface area (Å²) in [5.41, 5.74) is 0. The van der Waals surface area contributed by atoms with E-state index in [1.807, 2.05) is 0 Å². The Morgan fingerprint density at radius 1 is 1.36 bits per heavy atom. The van der Waals surface area contributed by atoms with Crippen molar-refractivity contribution in [2.45, 2.75) is 32.5 Å². The Morgan fingerprint density at radius 2 is 2.09 bits per heavy atom. The smallest absolute Gasteiger partial charge is 0.0620 e. The Kier molecular flexibility index (Phi) is 1.90. The standard InChI is InChI=1S/C9H17NO/c1-3-9-8-5-10-4-7(8)6(2)11-9/h6-10H,3-5H2,1-2H3. The predicted molar refractivity (Wildman–Crippen MR) is 44.5 cm³/mol. The molecule has 1 N–H and O–H groups in total. The van der Waals surface area contributed by atoms with E-state index in [1.54, 1.807) is 0 Å². The van der Waals surface area contributed by atoms with Gasteiger partial charge >= 0.3 is 0 Å². The van der Waals surface area contributed by atoms with E-state index in [0.717, 1.165) is 11.8 Å². The van der Waals surface area contributed by atoms with E-state index in [0.29, 0.717) is 12.2 Å². The number of fused-ring (bicyclic) bond motifs is 1. The second kappa shape index (κ2) is 2.76. The highest BCUT2D eigenvalue weighted by atomic mass is 16.5. The third-order valence-electron chi connectivity index (χ3n) is 3.18. The van der Waals surface area contributed by atoms with E-state index in [-0.39, 0.29) is 0 Å². The predicted octanol–water partition coefficient (Wildman–Crippen LogP) is 1.02. The van der Waals surface area contributed by atoms with Crippen molar-refractivity contribution < 1.29 is 4.74 Å². The highest BCUT2D eigenvalue weighted by molar-refractivity contribution is 4.94. The normalized spacial score (nSPS) is 49.6. The van der Waals surface area contributed by atoms with Crippen molar-refractivity contribution in [2.75, 3.05) is 13.1 Å². The molecule has 0 aromatic carbocycles. The molecule has 2 rings (SSSR count). The molecule has 0 spiro atoms. The van der Waals surface area contributed by atoms with Crippen molar-refractivity contribution in [3.05, 3.63) is 0 Å². The third kappa shape index (κ3) is 1.09. The lowest BCUT2D eigenvalue weighted by Gasteiger charge is -2.13. The average molecular weight is 155 g/mol. The average Bonchev–Trinajstić information content (AvgIpc) is 2.54. The maximum atomic E-state index is 5.84. The van der Waals surface area contributed by atoms with Gasteiger partial charge in [-0.1, -0.05) is 6.92 Å². The first-order chi connectivity index (χ1) is 5.33. The molecule has 4 atom stereocenters. The quantitative estimate of drug-likeness (QED) is 0.610. The third-order valence-corrected chi connectivity index (χ3v) is 3.18. The van der Waals surface area contributed by atoms with E-state index in [4.69, 9.17) is 4.74 Å². The summed E-state index contributed by atoms with van der Waals surface area (Å²) in [6.45, 7) is 6.77. The van der Waals surface area contributed by atoms with Gasteiger partial charge in [0.05, 0.1) is 12.2 Å². The Hall–Kier alpha value is -0.0800. The summed E-state index contributed by atoms with van der Waals surface area (Å²) in [5.74, 6) is 1.59. The molecule has 64 valence electrons. The summed E-state index contributed by atoms with van der Waals surface area (Å²) in [4.78, 5) is 0. The largest absolute Gasteiger partial charge is 0.375 e. The molecule has 2 aliphatic heterocycles. The van der Waals surface area contributed by atoms with Crippen LogP contribution in [0.25, 0.3) is 0 Å². The molecule has 2 aliphatic rings. The number of hydrogen-bond acceptors (Lipinski definition) is 2. The van der Waals surface area contributed by atoms with Crippen LogP contribution in [0.2, 0.25) is 0 Å². The molecule has 0 radical (unpaired) electrons. The fourth-order valence-electron chi connectivity index (χ4n) is 2.52. The molecule has 0 bridgehead atoms. The van der Waals surface area contributed by atoms with Crippen LogP contribution in [0.4, 0.5) is 0 Å². The van der Waals surface area contributed by atoms with Gasteiger partial charge in [0.15, 0.2) is 0 Å². The highest BCUT2D eigenvalue weighted by Crippen LogP contribution is 2.36. The first-order valence-corrected chi connectivity index (χ1v) is 4.69. The van der Waals surface area contributed by atoms with Crippen LogP contribution in [0.3, 0.4) is 0 Å². The van der Waals surface area contributed by atoms with Gasteiger partial charge in [-0.3, -0.25) is 0 Å². The van der Waals surface area contributed by atoms with Crippen molar-refractivity contribution in [1.82, 2.24) is 5.32 Å². The SMILES string of the molecule is CCC1OC(C)C2CNCC12. The maximum absolute atomic E-state index is 5.84. The minimum atomic E-state index is 0.486. The molecular weight excluding hydrogens is 138 g/mol. The van der Waals surface area contributed by atoms with Crippen molar-refractivity contribution in [3.8, 4) is 0 Å². The van der Waals surface area contributed by atoms with E-state index in [9.17, 15) is 0 Å². The van der Waals surface area contributed by atoms with E-state index in [2.05, 4.69) is 19.2 Å². The molecule has 0 aliphatic carbocycles. The van der Waals surface area contributed by atoms with Gasteiger partial charge in [-0.2, -0.15) is 0 Å². The van der Waals surface area contributed by atoms with E-state index in [1.165, 1.54) is 19.5 Å². The van der Waals surface area contributed by atoms with Crippen LogP contribution < -0.4 is 5.32 Å². The number of nitrogens with one attached hydrogen (secondary N) is 1. The Balaban J connectivity index is 2.07.